The molecule has 0 aliphatic carbocycles. The van der Waals surface area contributed by atoms with Crippen molar-refractivity contribution in [2.45, 2.75) is 45.3 Å². The predicted octanol–water partition coefficient (Wildman–Crippen LogP) is 3.23. The maximum atomic E-state index is 6.03. The fourth-order valence-corrected chi connectivity index (χ4v) is 2.15. The summed E-state index contributed by atoms with van der Waals surface area (Å²) in [6.45, 7) is 7.26. The van der Waals surface area contributed by atoms with E-state index in [1.165, 1.54) is 11.3 Å². The van der Waals surface area contributed by atoms with Crippen molar-refractivity contribution in [3.05, 3.63) is 29.8 Å². The van der Waals surface area contributed by atoms with Crippen molar-refractivity contribution < 1.29 is 4.74 Å². The van der Waals surface area contributed by atoms with Crippen LogP contribution in [0.15, 0.2) is 24.3 Å². The molecule has 16 heavy (non-hydrogen) atoms. The molecule has 2 heteroatoms. The fourth-order valence-electron chi connectivity index (χ4n) is 2.15. The van der Waals surface area contributed by atoms with Gasteiger partial charge in [-0.2, -0.15) is 0 Å². The van der Waals surface area contributed by atoms with Crippen LogP contribution < -0.4 is 5.32 Å². The SMILES string of the molecule is CC(C)(C)OC1CCc2ccccc2NC1. The van der Waals surface area contributed by atoms with E-state index in [0.29, 0.717) is 6.10 Å². The number of fused-ring (bicyclic) bond motifs is 1. The molecule has 1 aliphatic heterocycles. The molecular formula is C14H21NO. The van der Waals surface area contributed by atoms with Gasteiger partial charge in [0.1, 0.15) is 0 Å². The Morgan fingerprint density at radius 2 is 2.00 bits per heavy atom. The van der Waals surface area contributed by atoms with Gasteiger partial charge < -0.3 is 10.1 Å². The van der Waals surface area contributed by atoms with E-state index in [1.54, 1.807) is 0 Å². The molecule has 0 aromatic heterocycles. The second-order valence-electron chi connectivity index (χ2n) is 5.43. The molecule has 2 rings (SSSR count). The Labute approximate surface area is 98.0 Å². The van der Waals surface area contributed by atoms with Crippen LogP contribution in [-0.2, 0) is 11.2 Å². The molecule has 0 fully saturated rings. The largest absolute Gasteiger partial charge is 0.382 e. The molecule has 0 saturated heterocycles. The van der Waals surface area contributed by atoms with Gasteiger partial charge in [-0.15, -0.1) is 0 Å². The van der Waals surface area contributed by atoms with E-state index in [4.69, 9.17) is 4.74 Å². The number of rotatable bonds is 1. The van der Waals surface area contributed by atoms with Crippen LogP contribution in [0, 0.1) is 0 Å². The number of aryl methyl sites for hydroxylation is 1. The molecule has 1 unspecified atom stereocenters. The average Bonchev–Trinajstić information content (AvgIpc) is 2.39. The van der Waals surface area contributed by atoms with Crippen LogP contribution in [-0.4, -0.2) is 18.2 Å². The summed E-state index contributed by atoms with van der Waals surface area (Å²) in [5.41, 5.74) is 2.62. The summed E-state index contributed by atoms with van der Waals surface area (Å²) in [5, 5.41) is 3.47. The molecule has 2 nitrogen and oxygen atoms in total. The second-order valence-corrected chi connectivity index (χ2v) is 5.43. The van der Waals surface area contributed by atoms with E-state index in [-0.39, 0.29) is 5.60 Å². The summed E-state index contributed by atoms with van der Waals surface area (Å²) < 4.78 is 6.03. The zero-order chi connectivity index (χ0) is 11.6. The van der Waals surface area contributed by atoms with Crippen molar-refractivity contribution in [2.75, 3.05) is 11.9 Å². The van der Waals surface area contributed by atoms with E-state index < -0.39 is 0 Å². The summed E-state index contributed by atoms with van der Waals surface area (Å²) in [5.74, 6) is 0. The topological polar surface area (TPSA) is 21.3 Å². The monoisotopic (exact) mass is 219 g/mol. The lowest BCUT2D eigenvalue weighted by atomic mass is 10.1. The zero-order valence-electron chi connectivity index (χ0n) is 10.4. The van der Waals surface area contributed by atoms with Gasteiger partial charge in [0.25, 0.3) is 0 Å². The Bertz CT molecular complexity index is 327. The Balaban J connectivity index is 2.02. The second kappa shape index (κ2) is 4.46. The zero-order valence-corrected chi connectivity index (χ0v) is 10.4. The summed E-state index contributed by atoms with van der Waals surface area (Å²) >= 11 is 0. The minimum Gasteiger partial charge on any atom is -0.382 e. The number of benzene rings is 1. The summed E-state index contributed by atoms with van der Waals surface area (Å²) in [7, 11) is 0. The van der Waals surface area contributed by atoms with Crippen LogP contribution in [0.2, 0.25) is 0 Å². The first-order chi connectivity index (χ1) is 7.54. The van der Waals surface area contributed by atoms with Gasteiger partial charge in [-0.3, -0.25) is 0 Å². The molecule has 1 aromatic rings. The first-order valence-electron chi connectivity index (χ1n) is 6.04. The van der Waals surface area contributed by atoms with Crippen LogP contribution in [0.5, 0.6) is 0 Å². The highest BCUT2D eigenvalue weighted by Gasteiger charge is 2.21. The lowest BCUT2D eigenvalue weighted by molar-refractivity contribution is -0.0558. The highest BCUT2D eigenvalue weighted by Crippen LogP contribution is 2.23. The van der Waals surface area contributed by atoms with Crippen LogP contribution in [0.3, 0.4) is 0 Å². The van der Waals surface area contributed by atoms with Gasteiger partial charge in [-0.1, -0.05) is 18.2 Å². The predicted molar refractivity (Wildman–Crippen MR) is 67.9 cm³/mol. The molecule has 1 atom stereocenters. The minimum absolute atomic E-state index is 0.0527. The quantitative estimate of drug-likeness (QED) is 0.783. The minimum atomic E-state index is -0.0527. The number of anilines is 1. The Hall–Kier alpha value is -1.02. The fraction of sp³-hybridized carbons (Fsp3) is 0.571. The van der Waals surface area contributed by atoms with E-state index in [1.807, 2.05) is 0 Å². The maximum Gasteiger partial charge on any atom is 0.0757 e. The number of nitrogens with one attached hydrogen (secondary N) is 1. The molecule has 1 aromatic carbocycles. The van der Waals surface area contributed by atoms with Crippen molar-refractivity contribution in [3.63, 3.8) is 0 Å². The van der Waals surface area contributed by atoms with Gasteiger partial charge >= 0.3 is 0 Å². The van der Waals surface area contributed by atoms with Crippen molar-refractivity contribution in [1.82, 2.24) is 0 Å². The Kier molecular flexibility index (Phi) is 3.20. The lowest BCUT2D eigenvalue weighted by Gasteiger charge is -2.26. The highest BCUT2D eigenvalue weighted by molar-refractivity contribution is 5.52. The Morgan fingerprint density at radius 1 is 1.25 bits per heavy atom. The lowest BCUT2D eigenvalue weighted by Crippen LogP contribution is -2.31. The summed E-state index contributed by atoms with van der Waals surface area (Å²) in [6, 6.07) is 8.53. The molecule has 0 amide bonds. The van der Waals surface area contributed by atoms with Gasteiger partial charge in [0.2, 0.25) is 0 Å². The van der Waals surface area contributed by atoms with E-state index in [9.17, 15) is 0 Å². The van der Waals surface area contributed by atoms with Crippen LogP contribution in [0.1, 0.15) is 32.8 Å². The van der Waals surface area contributed by atoms with E-state index >= 15 is 0 Å². The molecule has 88 valence electrons. The van der Waals surface area contributed by atoms with Crippen molar-refractivity contribution in [2.24, 2.45) is 0 Å². The van der Waals surface area contributed by atoms with Gasteiger partial charge in [-0.05, 0) is 45.2 Å². The van der Waals surface area contributed by atoms with E-state index in [2.05, 4.69) is 50.4 Å². The molecule has 1 N–H and O–H groups in total. The number of para-hydroxylation sites is 1. The molecule has 0 spiro atoms. The average molecular weight is 219 g/mol. The summed E-state index contributed by atoms with van der Waals surface area (Å²) in [6.07, 6.45) is 2.51. The first-order valence-corrected chi connectivity index (χ1v) is 6.04. The van der Waals surface area contributed by atoms with Crippen LogP contribution in [0.4, 0.5) is 5.69 Å². The van der Waals surface area contributed by atoms with Crippen LogP contribution >= 0.6 is 0 Å². The standard InChI is InChI=1S/C14H21NO/c1-14(2,3)16-12-9-8-11-6-4-5-7-13(11)15-10-12/h4-7,12,15H,8-10H2,1-3H3. The molecule has 0 saturated carbocycles. The summed E-state index contributed by atoms with van der Waals surface area (Å²) in [4.78, 5) is 0. The maximum absolute atomic E-state index is 6.03. The molecule has 0 bridgehead atoms. The Morgan fingerprint density at radius 3 is 2.75 bits per heavy atom. The van der Waals surface area contributed by atoms with Crippen molar-refractivity contribution in [1.29, 1.82) is 0 Å². The van der Waals surface area contributed by atoms with Gasteiger partial charge in [0.15, 0.2) is 0 Å². The van der Waals surface area contributed by atoms with Gasteiger partial charge in [0, 0.05) is 12.2 Å². The third-order valence-electron chi connectivity index (χ3n) is 2.79. The molecular weight excluding hydrogens is 198 g/mol. The third kappa shape index (κ3) is 2.99. The number of hydrogen-bond donors (Lipinski definition) is 1. The normalized spacial score (nSPS) is 20.8. The van der Waals surface area contributed by atoms with E-state index in [0.717, 1.165) is 19.4 Å². The number of ether oxygens (including phenoxy) is 1. The number of hydrogen-bond acceptors (Lipinski definition) is 2. The van der Waals surface area contributed by atoms with Crippen molar-refractivity contribution in [3.8, 4) is 0 Å². The first kappa shape index (κ1) is 11.5. The van der Waals surface area contributed by atoms with Gasteiger partial charge in [-0.25, -0.2) is 0 Å². The van der Waals surface area contributed by atoms with Crippen molar-refractivity contribution >= 4 is 5.69 Å². The molecule has 1 aliphatic rings. The smallest absolute Gasteiger partial charge is 0.0757 e. The molecule has 1 heterocycles. The third-order valence-corrected chi connectivity index (χ3v) is 2.79. The molecule has 0 radical (unpaired) electrons. The highest BCUT2D eigenvalue weighted by atomic mass is 16.5. The van der Waals surface area contributed by atoms with Crippen LogP contribution in [0.25, 0.3) is 0 Å². The van der Waals surface area contributed by atoms with Gasteiger partial charge in [0.05, 0.1) is 11.7 Å².